The molecular weight excluding hydrogens is 618 g/mol. The summed E-state index contributed by atoms with van der Waals surface area (Å²) in [6.07, 6.45) is 19.6. The fourth-order valence-corrected chi connectivity index (χ4v) is 6.34. The Morgan fingerprint density at radius 2 is 0.729 bits per heavy atom. The molecular formula is C36H63N3O9. The van der Waals surface area contributed by atoms with E-state index in [1.807, 2.05) is 0 Å². The van der Waals surface area contributed by atoms with Crippen molar-refractivity contribution in [1.29, 1.82) is 0 Å². The van der Waals surface area contributed by atoms with Gasteiger partial charge < -0.3 is 30.9 Å². The maximum Gasteiger partial charge on any atom is 0.303 e. The molecule has 0 aromatic rings. The van der Waals surface area contributed by atoms with Crippen LogP contribution >= 0.6 is 0 Å². The minimum Gasteiger partial charge on any atom is -0.481 e. The van der Waals surface area contributed by atoms with Crippen LogP contribution in [0.25, 0.3) is 0 Å². The molecule has 0 heterocycles. The first-order chi connectivity index (χ1) is 23.2. The molecule has 0 bridgehead atoms. The van der Waals surface area contributed by atoms with Crippen LogP contribution in [-0.2, 0) is 33.5 Å². The zero-order chi connectivity index (χ0) is 35.2. The Morgan fingerprint density at radius 3 is 1.02 bits per heavy atom. The molecule has 1 aliphatic carbocycles. The molecule has 12 nitrogen and oxygen atoms in total. The normalized spacial score (nSPS) is 17.3. The number of carboxylic acid groups (broad SMARTS) is 2. The van der Waals surface area contributed by atoms with Crippen LogP contribution in [0.1, 0.15) is 167 Å². The summed E-state index contributed by atoms with van der Waals surface area (Å²) in [6.45, 7) is 0.918. The van der Waals surface area contributed by atoms with E-state index in [2.05, 4.69) is 16.0 Å². The van der Waals surface area contributed by atoms with Crippen molar-refractivity contribution >= 4 is 36.1 Å². The number of carboxylic acids is 2. The van der Waals surface area contributed by atoms with Gasteiger partial charge in [-0.05, 0) is 57.8 Å². The summed E-state index contributed by atoms with van der Waals surface area (Å²) >= 11 is 0. The second-order valence-corrected chi connectivity index (χ2v) is 13.4. The fraction of sp³-hybridized carbons (Fsp3) is 0.833. The zero-order valence-corrected chi connectivity index (χ0v) is 29.2. The lowest BCUT2D eigenvalue weighted by atomic mass is 9.86. The van der Waals surface area contributed by atoms with Gasteiger partial charge in [0.25, 0.3) is 6.47 Å². The number of amides is 3. The van der Waals surface area contributed by atoms with Crippen molar-refractivity contribution in [3.8, 4) is 0 Å². The van der Waals surface area contributed by atoms with E-state index in [1.54, 1.807) is 0 Å². The third-order valence-electron chi connectivity index (χ3n) is 8.88. The van der Waals surface area contributed by atoms with Gasteiger partial charge in [0.15, 0.2) is 0 Å². The van der Waals surface area contributed by atoms with E-state index in [-0.39, 0.29) is 48.7 Å². The molecule has 276 valence electrons. The summed E-state index contributed by atoms with van der Waals surface area (Å²) < 4.78 is 4.70. The SMILES string of the molecule is O=COCCCCCCCCC(=O)NC1CC(NC(=O)CCCCCCCCC(=O)O)CC(NC(=O)CCCCCCCCC(=O)O)C1. The quantitative estimate of drug-likeness (QED) is 0.0436. The maximum absolute atomic E-state index is 12.8. The molecule has 48 heavy (non-hydrogen) atoms. The predicted octanol–water partition coefficient (Wildman–Crippen LogP) is 5.94. The summed E-state index contributed by atoms with van der Waals surface area (Å²) in [5.74, 6) is -1.59. The number of carbonyl (C=O) groups excluding carboxylic acids is 4. The third kappa shape index (κ3) is 25.9. The molecule has 0 aromatic heterocycles. The Morgan fingerprint density at radius 1 is 0.458 bits per heavy atom. The predicted molar refractivity (Wildman–Crippen MR) is 183 cm³/mol. The highest BCUT2D eigenvalue weighted by atomic mass is 16.5. The van der Waals surface area contributed by atoms with Gasteiger partial charge in [0, 0.05) is 50.2 Å². The van der Waals surface area contributed by atoms with Crippen molar-refractivity contribution in [2.24, 2.45) is 0 Å². The molecule has 1 saturated carbocycles. The van der Waals surface area contributed by atoms with E-state index in [1.165, 1.54) is 0 Å². The molecule has 0 aliphatic heterocycles. The van der Waals surface area contributed by atoms with Crippen LogP contribution in [0, 0.1) is 0 Å². The Labute approximate surface area is 287 Å². The molecule has 0 aromatic carbocycles. The number of ether oxygens (including phenoxy) is 1. The number of hydrogen-bond donors (Lipinski definition) is 5. The monoisotopic (exact) mass is 681 g/mol. The molecule has 2 unspecified atom stereocenters. The van der Waals surface area contributed by atoms with Crippen LogP contribution in [0.5, 0.6) is 0 Å². The molecule has 1 fully saturated rings. The largest absolute Gasteiger partial charge is 0.481 e. The highest BCUT2D eigenvalue weighted by Crippen LogP contribution is 2.21. The van der Waals surface area contributed by atoms with Crippen LogP contribution in [0.4, 0.5) is 0 Å². The van der Waals surface area contributed by atoms with Crippen molar-refractivity contribution in [3.63, 3.8) is 0 Å². The van der Waals surface area contributed by atoms with Gasteiger partial charge in [-0.1, -0.05) is 77.0 Å². The van der Waals surface area contributed by atoms with Crippen LogP contribution in [0.15, 0.2) is 0 Å². The van der Waals surface area contributed by atoms with Gasteiger partial charge >= 0.3 is 11.9 Å². The Bertz CT molecular complexity index is 878. The van der Waals surface area contributed by atoms with Gasteiger partial charge in [-0.15, -0.1) is 0 Å². The third-order valence-corrected chi connectivity index (χ3v) is 8.88. The second kappa shape index (κ2) is 28.8. The summed E-state index contributed by atoms with van der Waals surface area (Å²) in [7, 11) is 0. The highest BCUT2D eigenvalue weighted by Gasteiger charge is 2.31. The number of rotatable bonds is 31. The number of carbonyl (C=O) groups is 6. The van der Waals surface area contributed by atoms with Crippen molar-refractivity contribution in [3.05, 3.63) is 0 Å². The Hall–Kier alpha value is -3.18. The number of unbranched alkanes of at least 4 members (excludes halogenated alkanes) is 15. The molecule has 5 N–H and O–H groups in total. The van der Waals surface area contributed by atoms with Crippen LogP contribution < -0.4 is 16.0 Å². The Balaban J connectivity index is 2.47. The lowest BCUT2D eigenvalue weighted by molar-refractivity contribution is -0.138. The summed E-state index contributed by atoms with van der Waals surface area (Å²) in [6, 6.07) is -0.435. The molecule has 2 atom stereocenters. The summed E-state index contributed by atoms with van der Waals surface area (Å²) in [5.41, 5.74) is 0. The molecule has 1 aliphatic rings. The number of nitrogens with one attached hydrogen (secondary N) is 3. The van der Waals surface area contributed by atoms with Crippen LogP contribution in [-0.4, -0.2) is 71.1 Å². The number of aliphatic carboxylic acids is 2. The topological polar surface area (TPSA) is 188 Å². The van der Waals surface area contributed by atoms with Gasteiger partial charge in [-0.25, -0.2) is 0 Å². The minimum absolute atomic E-state index is 0.0110. The van der Waals surface area contributed by atoms with Gasteiger partial charge in [0.1, 0.15) is 0 Å². The lowest BCUT2D eigenvalue weighted by Crippen LogP contribution is -2.53. The maximum atomic E-state index is 12.8. The fourth-order valence-electron chi connectivity index (χ4n) is 6.34. The zero-order valence-electron chi connectivity index (χ0n) is 29.2. The highest BCUT2D eigenvalue weighted by molar-refractivity contribution is 5.78. The molecule has 3 amide bonds. The smallest absolute Gasteiger partial charge is 0.303 e. The molecule has 1 rings (SSSR count). The van der Waals surface area contributed by atoms with E-state index >= 15 is 0 Å². The van der Waals surface area contributed by atoms with Gasteiger partial charge in [0.05, 0.1) is 6.61 Å². The minimum atomic E-state index is -0.765. The van der Waals surface area contributed by atoms with Gasteiger partial charge in [0.2, 0.25) is 17.7 Å². The van der Waals surface area contributed by atoms with Crippen molar-refractivity contribution in [1.82, 2.24) is 16.0 Å². The van der Waals surface area contributed by atoms with Crippen LogP contribution in [0.3, 0.4) is 0 Å². The average Bonchev–Trinajstić information content (AvgIpc) is 3.02. The second-order valence-electron chi connectivity index (χ2n) is 13.4. The van der Waals surface area contributed by atoms with Gasteiger partial charge in [-0.2, -0.15) is 0 Å². The van der Waals surface area contributed by atoms with Crippen molar-refractivity contribution < 1.29 is 43.7 Å². The summed E-state index contributed by atoms with van der Waals surface area (Å²) in [5, 5.41) is 26.9. The molecule has 0 spiro atoms. The average molecular weight is 682 g/mol. The Kier molecular flexibility index (Phi) is 25.7. The first-order valence-corrected chi connectivity index (χ1v) is 18.6. The first kappa shape index (κ1) is 42.8. The van der Waals surface area contributed by atoms with E-state index in [0.717, 1.165) is 103 Å². The molecule has 12 heteroatoms. The van der Waals surface area contributed by atoms with E-state index < -0.39 is 11.9 Å². The van der Waals surface area contributed by atoms with E-state index in [4.69, 9.17) is 14.9 Å². The van der Waals surface area contributed by atoms with E-state index in [9.17, 15) is 28.8 Å². The summed E-state index contributed by atoms with van der Waals surface area (Å²) in [4.78, 5) is 69.8. The van der Waals surface area contributed by atoms with Crippen molar-refractivity contribution in [2.75, 3.05) is 6.61 Å². The first-order valence-electron chi connectivity index (χ1n) is 18.6. The lowest BCUT2D eigenvalue weighted by Gasteiger charge is -2.36. The standard InChI is InChI=1S/C36H63N3O9/c40-28-48-24-18-12-6-5-9-15-21-34(43)39-31-26-29(37-32(41)19-13-7-1-3-10-16-22-35(44)45)25-30(27-31)38-33(42)20-14-8-2-4-11-17-23-36(46)47/h28-31H,1-27H2,(H,37,41)(H,38,42)(H,39,43)(H,44,45)(H,46,47). The van der Waals surface area contributed by atoms with Crippen molar-refractivity contribution in [2.45, 2.75) is 185 Å². The molecule has 0 radical (unpaired) electrons. The molecule has 0 saturated heterocycles. The van der Waals surface area contributed by atoms with E-state index in [0.29, 0.717) is 64.4 Å². The van der Waals surface area contributed by atoms with Gasteiger partial charge in [-0.3, -0.25) is 28.8 Å². The number of hydrogen-bond acceptors (Lipinski definition) is 7. The van der Waals surface area contributed by atoms with Crippen LogP contribution in [0.2, 0.25) is 0 Å².